The van der Waals surface area contributed by atoms with Gasteiger partial charge in [-0.1, -0.05) is 15.9 Å². The molecule has 0 spiro atoms. The van der Waals surface area contributed by atoms with Crippen LogP contribution in [0.25, 0.3) is 0 Å². The molecule has 1 atom stereocenters. The molecule has 0 saturated carbocycles. The van der Waals surface area contributed by atoms with E-state index in [1.807, 2.05) is 19.1 Å². The van der Waals surface area contributed by atoms with Gasteiger partial charge < -0.3 is 20.2 Å². The average Bonchev–Trinajstić information content (AvgIpc) is 2.94. The van der Waals surface area contributed by atoms with E-state index in [4.69, 9.17) is 4.42 Å². The van der Waals surface area contributed by atoms with E-state index < -0.39 is 6.10 Å². The summed E-state index contributed by atoms with van der Waals surface area (Å²) in [5, 5.41) is 15.0. The first-order chi connectivity index (χ1) is 9.56. The molecule has 2 amide bonds. The van der Waals surface area contributed by atoms with Crippen LogP contribution in [0, 0.1) is 6.92 Å². The maximum Gasteiger partial charge on any atom is 0.319 e. The fourth-order valence-corrected chi connectivity index (χ4v) is 1.92. The van der Waals surface area contributed by atoms with Crippen molar-refractivity contribution in [3.63, 3.8) is 0 Å². The number of hydrogen-bond acceptors (Lipinski definition) is 3. The van der Waals surface area contributed by atoms with Crippen LogP contribution in [0.1, 0.15) is 17.4 Å². The second-order valence-corrected chi connectivity index (χ2v) is 5.18. The van der Waals surface area contributed by atoms with Crippen molar-refractivity contribution in [1.82, 2.24) is 5.32 Å². The number of urea groups is 1. The predicted octanol–water partition coefficient (Wildman–Crippen LogP) is 3.21. The Kier molecular flexibility index (Phi) is 4.81. The molecule has 106 valence electrons. The van der Waals surface area contributed by atoms with Gasteiger partial charge in [-0.3, -0.25) is 0 Å². The van der Waals surface area contributed by atoms with Crippen molar-refractivity contribution in [2.45, 2.75) is 13.0 Å². The van der Waals surface area contributed by atoms with E-state index in [9.17, 15) is 9.90 Å². The zero-order valence-corrected chi connectivity index (χ0v) is 12.5. The Labute approximate surface area is 125 Å². The second kappa shape index (κ2) is 6.58. The standard InChI is InChI=1S/C14H15BrN2O3/c1-9-7-10(4-5-11(9)15)17-14(19)16-8-12(18)13-3-2-6-20-13/h2-7,12,18H,8H2,1H3,(H2,16,17,19). The summed E-state index contributed by atoms with van der Waals surface area (Å²) in [6.07, 6.45) is 0.617. The summed E-state index contributed by atoms with van der Waals surface area (Å²) in [6.45, 7) is 2.02. The van der Waals surface area contributed by atoms with Crippen LogP contribution in [-0.4, -0.2) is 17.7 Å². The Hall–Kier alpha value is -1.79. The number of carbonyl (C=O) groups excluding carboxylic acids is 1. The Bertz CT molecular complexity index is 584. The SMILES string of the molecule is Cc1cc(NC(=O)NCC(O)c2ccco2)ccc1Br. The van der Waals surface area contributed by atoms with Crippen molar-refractivity contribution in [3.05, 3.63) is 52.4 Å². The minimum Gasteiger partial charge on any atom is -0.467 e. The lowest BCUT2D eigenvalue weighted by Gasteiger charge is -2.11. The minimum absolute atomic E-state index is 0.0782. The van der Waals surface area contributed by atoms with E-state index in [2.05, 4.69) is 26.6 Å². The summed E-state index contributed by atoms with van der Waals surface area (Å²) in [4.78, 5) is 11.7. The summed E-state index contributed by atoms with van der Waals surface area (Å²) >= 11 is 3.40. The molecule has 3 N–H and O–H groups in total. The van der Waals surface area contributed by atoms with Gasteiger partial charge in [0.25, 0.3) is 0 Å². The van der Waals surface area contributed by atoms with Crippen LogP contribution in [0.3, 0.4) is 0 Å². The number of furan rings is 1. The number of carbonyl (C=O) groups is 1. The molecule has 6 heteroatoms. The summed E-state index contributed by atoms with van der Waals surface area (Å²) in [7, 11) is 0. The number of nitrogens with one attached hydrogen (secondary N) is 2. The molecular formula is C14H15BrN2O3. The van der Waals surface area contributed by atoms with E-state index in [1.54, 1.807) is 18.2 Å². The quantitative estimate of drug-likeness (QED) is 0.801. The highest BCUT2D eigenvalue weighted by molar-refractivity contribution is 9.10. The van der Waals surface area contributed by atoms with E-state index in [0.717, 1.165) is 10.0 Å². The van der Waals surface area contributed by atoms with Crippen LogP contribution in [-0.2, 0) is 0 Å². The van der Waals surface area contributed by atoms with Gasteiger partial charge in [0.2, 0.25) is 0 Å². The smallest absolute Gasteiger partial charge is 0.319 e. The molecule has 0 radical (unpaired) electrons. The summed E-state index contributed by atoms with van der Waals surface area (Å²) < 4.78 is 6.03. The molecule has 0 aliphatic heterocycles. The molecule has 2 rings (SSSR count). The molecule has 0 fully saturated rings. The number of anilines is 1. The third-order valence-electron chi connectivity index (χ3n) is 2.74. The lowest BCUT2D eigenvalue weighted by molar-refractivity contribution is 0.149. The first kappa shape index (κ1) is 14.6. The van der Waals surface area contributed by atoms with Gasteiger partial charge in [0.05, 0.1) is 12.8 Å². The number of aliphatic hydroxyl groups excluding tert-OH is 1. The Balaban J connectivity index is 1.85. The van der Waals surface area contributed by atoms with Gasteiger partial charge in [0.1, 0.15) is 11.9 Å². The van der Waals surface area contributed by atoms with Crippen molar-refractivity contribution in [2.24, 2.45) is 0 Å². The molecular weight excluding hydrogens is 324 g/mol. The maximum atomic E-state index is 11.7. The van der Waals surface area contributed by atoms with Gasteiger partial charge in [0.15, 0.2) is 0 Å². The molecule has 1 aromatic heterocycles. The zero-order chi connectivity index (χ0) is 14.5. The minimum atomic E-state index is -0.859. The number of halogens is 1. The lowest BCUT2D eigenvalue weighted by Crippen LogP contribution is -2.32. The number of rotatable bonds is 4. The normalized spacial score (nSPS) is 11.9. The zero-order valence-electron chi connectivity index (χ0n) is 10.9. The highest BCUT2D eigenvalue weighted by atomic mass is 79.9. The van der Waals surface area contributed by atoms with Gasteiger partial charge in [-0.25, -0.2) is 4.79 Å². The van der Waals surface area contributed by atoms with Gasteiger partial charge in [-0.2, -0.15) is 0 Å². The van der Waals surface area contributed by atoms with Crippen LogP contribution in [0.4, 0.5) is 10.5 Å². The molecule has 0 aliphatic carbocycles. The highest BCUT2D eigenvalue weighted by Gasteiger charge is 2.11. The van der Waals surface area contributed by atoms with E-state index >= 15 is 0 Å². The second-order valence-electron chi connectivity index (χ2n) is 4.33. The molecule has 0 aliphatic rings. The van der Waals surface area contributed by atoms with Crippen molar-refractivity contribution in [2.75, 3.05) is 11.9 Å². The lowest BCUT2D eigenvalue weighted by atomic mass is 10.2. The first-order valence-corrected chi connectivity index (χ1v) is 6.88. The van der Waals surface area contributed by atoms with Crippen LogP contribution in [0.15, 0.2) is 45.5 Å². The van der Waals surface area contributed by atoms with Crippen molar-refractivity contribution in [3.8, 4) is 0 Å². The van der Waals surface area contributed by atoms with E-state index in [-0.39, 0.29) is 12.6 Å². The van der Waals surface area contributed by atoms with E-state index in [1.165, 1.54) is 6.26 Å². The monoisotopic (exact) mass is 338 g/mol. The van der Waals surface area contributed by atoms with Crippen molar-refractivity contribution in [1.29, 1.82) is 0 Å². The van der Waals surface area contributed by atoms with Crippen LogP contribution >= 0.6 is 15.9 Å². The number of benzene rings is 1. The molecule has 5 nitrogen and oxygen atoms in total. The first-order valence-electron chi connectivity index (χ1n) is 6.08. The Morgan fingerprint density at radius 1 is 1.45 bits per heavy atom. The van der Waals surface area contributed by atoms with Crippen molar-refractivity contribution < 1.29 is 14.3 Å². The third-order valence-corrected chi connectivity index (χ3v) is 3.63. The van der Waals surface area contributed by atoms with Crippen LogP contribution in [0.5, 0.6) is 0 Å². The fourth-order valence-electron chi connectivity index (χ4n) is 1.67. The number of aliphatic hydroxyl groups is 1. The molecule has 2 aromatic rings. The highest BCUT2D eigenvalue weighted by Crippen LogP contribution is 2.20. The average molecular weight is 339 g/mol. The van der Waals surface area contributed by atoms with Crippen LogP contribution in [0.2, 0.25) is 0 Å². The van der Waals surface area contributed by atoms with Crippen LogP contribution < -0.4 is 10.6 Å². The largest absolute Gasteiger partial charge is 0.467 e. The molecule has 1 heterocycles. The number of aryl methyl sites for hydroxylation is 1. The molecule has 1 unspecified atom stereocenters. The molecule has 1 aromatic carbocycles. The Morgan fingerprint density at radius 2 is 2.25 bits per heavy atom. The van der Waals surface area contributed by atoms with Gasteiger partial charge >= 0.3 is 6.03 Å². The summed E-state index contributed by atoms with van der Waals surface area (Å²) in [5.74, 6) is 0.421. The number of amides is 2. The summed E-state index contributed by atoms with van der Waals surface area (Å²) in [6, 6.07) is 8.47. The third kappa shape index (κ3) is 3.85. The van der Waals surface area contributed by atoms with Crippen molar-refractivity contribution >= 4 is 27.6 Å². The van der Waals surface area contributed by atoms with Gasteiger partial charge in [-0.05, 0) is 42.8 Å². The molecule has 0 saturated heterocycles. The predicted molar refractivity (Wildman–Crippen MR) is 79.6 cm³/mol. The fraction of sp³-hybridized carbons (Fsp3) is 0.214. The Morgan fingerprint density at radius 3 is 2.90 bits per heavy atom. The topological polar surface area (TPSA) is 74.5 Å². The molecule has 0 bridgehead atoms. The van der Waals surface area contributed by atoms with Gasteiger partial charge in [0, 0.05) is 10.2 Å². The number of hydrogen-bond donors (Lipinski definition) is 3. The molecule has 20 heavy (non-hydrogen) atoms. The maximum absolute atomic E-state index is 11.7. The van der Waals surface area contributed by atoms with Gasteiger partial charge in [-0.15, -0.1) is 0 Å². The summed E-state index contributed by atoms with van der Waals surface area (Å²) in [5.41, 5.74) is 1.72. The van der Waals surface area contributed by atoms with E-state index in [0.29, 0.717) is 11.4 Å².